The van der Waals surface area contributed by atoms with Crippen LogP contribution in [-0.2, 0) is 7.05 Å². The van der Waals surface area contributed by atoms with Crippen molar-refractivity contribution in [3.8, 4) is 0 Å². The number of aromatic nitrogens is 3. The Morgan fingerprint density at radius 1 is 1.31 bits per heavy atom. The largest absolute Gasteiger partial charge is 0.348 e. The summed E-state index contributed by atoms with van der Waals surface area (Å²) in [5.41, 5.74) is 1.73. The number of nitrogens with zero attached hydrogens (tertiary/aromatic N) is 5. The van der Waals surface area contributed by atoms with E-state index >= 15 is 0 Å². The first-order chi connectivity index (χ1) is 12.6. The van der Waals surface area contributed by atoms with Crippen molar-refractivity contribution in [3.05, 3.63) is 42.2 Å². The fourth-order valence-corrected chi connectivity index (χ4v) is 4.54. The van der Waals surface area contributed by atoms with Gasteiger partial charge < -0.3 is 9.80 Å². The van der Waals surface area contributed by atoms with E-state index in [4.69, 9.17) is 4.98 Å². The number of rotatable bonds is 4. The van der Waals surface area contributed by atoms with Gasteiger partial charge in [0.15, 0.2) is 5.13 Å². The minimum Gasteiger partial charge on any atom is -0.348 e. The van der Waals surface area contributed by atoms with Gasteiger partial charge in [0.05, 0.1) is 22.0 Å². The maximum Gasteiger partial charge on any atom is 0.256 e. The number of para-hydroxylation sites is 1. The first kappa shape index (κ1) is 17.0. The van der Waals surface area contributed by atoms with Crippen LogP contribution in [-0.4, -0.2) is 52.3 Å². The molecule has 2 aromatic heterocycles. The van der Waals surface area contributed by atoms with Crippen LogP contribution in [0.2, 0.25) is 0 Å². The highest BCUT2D eigenvalue weighted by molar-refractivity contribution is 7.22. The van der Waals surface area contributed by atoms with Gasteiger partial charge in [0.2, 0.25) is 0 Å². The summed E-state index contributed by atoms with van der Waals surface area (Å²) in [6.45, 7) is 2.79. The van der Waals surface area contributed by atoms with E-state index in [0.29, 0.717) is 11.5 Å². The summed E-state index contributed by atoms with van der Waals surface area (Å²) in [6, 6.07) is 8.29. The average Bonchev–Trinajstić information content (AvgIpc) is 3.27. The Morgan fingerprint density at radius 3 is 2.77 bits per heavy atom. The molecule has 1 saturated heterocycles. The van der Waals surface area contributed by atoms with Gasteiger partial charge in [-0.05, 0) is 30.9 Å². The lowest BCUT2D eigenvalue weighted by Gasteiger charge is -2.33. The number of anilines is 1. The Balaban J connectivity index is 1.34. The molecule has 1 aliphatic heterocycles. The summed E-state index contributed by atoms with van der Waals surface area (Å²) in [5.74, 6) is 0.581. The zero-order valence-corrected chi connectivity index (χ0v) is 15.9. The molecular weight excluding hydrogens is 346 g/mol. The zero-order chi connectivity index (χ0) is 18.1. The number of piperidine rings is 1. The summed E-state index contributed by atoms with van der Waals surface area (Å²) < 4.78 is 2.91. The number of carbonyl (C=O) groups excluding carboxylic acids is 1. The maximum atomic E-state index is 12.5. The minimum atomic E-state index is 0.0479. The summed E-state index contributed by atoms with van der Waals surface area (Å²) in [4.78, 5) is 21.4. The van der Waals surface area contributed by atoms with Crippen LogP contribution in [0.4, 0.5) is 5.13 Å². The van der Waals surface area contributed by atoms with Crippen molar-refractivity contribution in [2.45, 2.75) is 12.8 Å². The molecule has 7 heteroatoms. The first-order valence-corrected chi connectivity index (χ1v) is 9.76. The van der Waals surface area contributed by atoms with Crippen LogP contribution in [0.1, 0.15) is 23.2 Å². The Kier molecular flexibility index (Phi) is 4.63. The highest BCUT2D eigenvalue weighted by Crippen LogP contribution is 2.31. The Morgan fingerprint density at radius 2 is 2.08 bits per heavy atom. The van der Waals surface area contributed by atoms with Crippen molar-refractivity contribution in [2.24, 2.45) is 13.0 Å². The van der Waals surface area contributed by atoms with Crippen molar-refractivity contribution < 1.29 is 4.79 Å². The topological polar surface area (TPSA) is 54.3 Å². The minimum absolute atomic E-state index is 0.0479. The second kappa shape index (κ2) is 7.07. The number of hydrogen-bond donors (Lipinski definition) is 0. The Bertz CT molecular complexity index is 876. The van der Waals surface area contributed by atoms with Crippen LogP contribution in [0.3, 0.4) is 0 Å². The molecular formula is C19H23N5OS. The third kappa shape index (κ3) is 3.44. The SMILES string of the molecule is CN(CC1CCN(c2nc3ccccc3s2)CC1)C(=O)c1cnn(C)c1. The van der Waals surface area contributed by atoms with Crippen LogP contribution < -0.4 is 4.90 Å². The lowest BCUT2D eigenvalue weighted by Crippen LogP contribution is -2.39. The molecule has 136 valence electrons. The van der Waals surface area contributed by atoms with Crippen molar-refractivity contribution in [2.75, 3.05) is 31.6 Å². The number of benzene rings is 1. The Hall–Kier alpha value is -2.41. The zero-order valence-electron chi connectivity index (χ0n) is 15.1. The molecule has 3 heterocycles. The summed E-state index contributed by atoms with van der Waals surface area (Å²) >= 11 is 1.76. The molecule has 0 spiro atoms. The van der Waals surface area contributed by atoms with E-state index in [1.54, 1.807) is 28.4 Å². The molecule has 0 bridgehead atoms. The summed E-state index contributed by atoms with van der Waals surface area (Å²) in [6.07, 6.45) is 5.57. The van der Waals surface area contributed by atoms with Crippen molar-refractivity contribution in [3.63, 3.8) is 0 Å². The second-order valence-corrected chi connectivity index (χ2v) is 7.99. The van der Waals surface area contributed by atoms with E-state index in [1.165, 1.54) is 4.70 Å². The normalized spacial score (nSPS) is 15.5. The van der Waals surface area contributed by atoms with Gasteiger partial charge in [0, 0.05) is 39.9 Å². The van der Waals surface area contributed by atoms with Gasteiger partial charge in [-0.15, -0.1) is 0 Å². The number of aryl methyl sites for hydroxylation is 1. The average molecular weight is 369 g/mol. The van der Waals surface area contributed by atoms with Gasteiger partial charge in [-0.3, -0.25) is 9.48 Å². The van der Waals surface area contributed by atoms with E-state index in [0.717, 1.165) is 43.1 Å². The van der Waals surface area contributed by atoms with Crippen LogP contribution in [0, 0.1) is 5.92 Å². The van der Waals surface area contributed by atoms with Crippen molar-refractivity contribution >= 4 is 32.6 Å². The second-order valence-electron chi connectivity index (χ2n) is 6.98. The van der Waals surface area contributed by atoms with Crippen molar-refractivity contribution in [1.29, 1.82) is 0 Å². The smallest absolute Gasteiger partial charge is 0.256 e. The van der Waals surface area contributed by atoms with E-state index in [9.17, 15) is 4.79 Å². The van der Waals surface area contributed by atoms with E-state index in [-0.39, 0.29) is 5.91 Å². The van der Waals surface area contributed by atoms with Crippen LogP contribution in [0.25, 0.3) is 10.2 Å². The van der Waals surface area contributed by atoms with Gasteiger partial charge in [0.1, 0.15) is 0 Å². The molecule has 4 rings (SSSR count). The monoisotopic (exact) mass is 369 g/mol. The molecule has 1 fully saturated rings. The molecule has 0 radical (unpaired) electrons. The van der Waals surface area contributed by atoms with Crippen LogP contribution in [0.5, 0.6) is 0 Å². The number of hydrogen-bond acceptors (Lipinski definition) is 5. The van der Waals surface area contributed by atoms with Gasteiger partial charge in [0.25, 0.3) is 5.91 Å². The molecule has 26 heavy (non-hydrogen) atoms. The molecule has 6 nitrogen and oxygen atoms in total. The number of fused-ring (bicyclic) bond motifs is 1. The number of amides is 1. The van der Waals surface area contributed by atoms with Crippen molar-refractivity contribution in [1.82, 2.24) is 19.7 Å². The van der Waals surface area contributed by atoms with E-state index in [2.05, 4.69) is 28.2 Å². The third-order valence-electron chi connectivity index (χ3n) is 5.00. The standard InChI is InChI=1S/C19H23N5OS/c1-22(18(25)15-11-20-23(2)13-15)12-14-7-9-24(10-8-14)19-21-16-5-3-4-6-17(16)26-19/h3-6,11,13-14H,7-10,12H2,1-2H3. The summed E-state index contributed by atoms with van der Waals surface area (Å²) in [7, 11) is 3.71. The molecule has 1 amide bonds. The van der Waals surface area contributed by atoms with E-state index < -0.39 is 0 Å². The van der Waals surface area contributed by atoms with Crippen LogP contribution >= 0.6 is 11.3 Å². The third-order valence-corrected chi connectivity index (χ3v) is 6.10. The van der Waals surface area contributed by atoms with Gasteiger partial charge in [-0.1, -0.05) is 23.5 Å². The lowest BCUT2D eigenvalue weighted by atomic mass is 9.96. The molecule has 0 saturated carbocycles. The molecule has 0 N–H and O–H groups in total. The molecule has 1 aliphatic rings. The predicted octanol–water partition coefficient (Wildman–Crippen LogP) is 3.02. The summed E-state index contributed by atoms with van der Waals surface area (Å²) in [5, 5.41) is 5.20. The molecule has 0 unspecified atom stereocenters. The highest BCUT2D eigenvalue weighted by Gasteiger charge is 2.24. The highest BCUT2D eigenvalue weighted by atomic mass is 32.1. The number of thiazole rings is 1. The predicted molar refractivity (Wildman–Crippen MR) is 105 cm³/mol. The fourth-order valence-electron chi connectivity index (χ4n) is 3.52. The molecule has 3 aromatic rings. The molecule has 0 aliphatic carbocycles. The van der Waals surface area contributed by atoms with Gasteiger partial charge in [-0.2, -0.15) is 5.10 Å². The quantitative estimate of drug-likeness (QED) is 0.709. The fraction of sp³-hybridized carbons (Fsp3) is 0.421. The Labute approximate surface area is 157 Å². The van der Waals surface area contributed by atoms with Gasteiger partial charge >= 0.3 is 0 Å². The first-order valence-electron chi connectivity index (χ1n) is 8.95. The van der Waals surface area contributed by atoms with E-state index in [1.807, 2.05) is 25.1 Å². The molecule has 0 atom stereocenters. The van der Waals surface area contributed by atoms with Crippen LogP contribution in [0.15, 0.2) is 36.7 Å². The number of carbonyl (C=O) groups is 1. The molecule has 1 aromatic carbocycles. The maximum absolute atomic E-state index is 12.5. The van der Waals surface area contributed by atoms with Gasteiger partial charge in [-0.25, -0.2) is 4.98 Å². The lowest BCUT2D eigenvalue weighted by molar-refractivity contribution is 0.0765.